The van der Waals surface area contributed by atoms with Crippen LogP contribution in [-0.4, -0.2) is 0 Å². The van der Waals surface area contributed by atoms with E-state index in [2.05, 4.69) is 142 Å². The first-order valence-corrected chi connectivity index (χ1v) is 12.5. The number of halogens is 1. The summed E-state index contributed by atoms with van der Waals surface area (Å²) in [4.78, 5) is 2.36. The predicted molar refractivity (Wildman–Crippen MR) is 147 cm³/mol. The largest absolute Gasteiger partial charge is 0.309 e. The van der Waals surface area contributed by atoms with E-state index in [9.17, 15) is 0 Å². The lowest BCUT2D eigenvalue weighted by Crippen LogP contribution is -2.10. The second kappa shape index (κ2) is 8.51. The summed E-state index contributed by atoms with van der Waals surface area (Å²) >= 11 is 5.64. The lowest BCUT2D eigenvalue weighted by molar-refractivity contribution is 1.30. The summed E-state index contributed by atoms with van der Waals surface area (Å²) in [5.41, 5.74) is 5.90. The molecule has 0 unspecified atom stereocenters. The molecular formula is C30H20BrNS. The van der Waals surface area contributed by atoms with Crippen molar-refractivity contribution in [1.29, 1.82) is 0 Å². The average Bonchev–Trinajstić information content (AvgIpc) is 3.24. The fourth-order valence-corrected chi connectivity index (χ4v) is 6.01. The van der Waals surface area contributed by atoms with Crippen molar-refractivity contribution in [3.05, 3.63) is 126 Å². The fraction of sp³-hybridized carbons (Fsp3) is 0. The van der Waals surface area contributed by atoms with E-state index in [1.807, 2.05) is 11.3 Å². The minimum Gasteiger partial charge on any atom is -0.309 e. The molecule has 0 amide bonds. The summed E-state index contributed by atoms with van der Waals surface area (Å²) in [6.07, 6.45) is 0. The van der Waals surface area contributed by atoms with Gasteiger partial charge in [-0.05, 0) is 53.6 Å². The zero-order chi connectivity index (χ0) is 22.2. The van der Waals surface area contributed by atoms with Crippen LogP contribution in [0.25, 0.3) is 31.3 Å². The van der Waals surface area contributed by atoms with Crippen molar-refractivity contribution in [2.75, 3.05) is 4.90 Å². The molecule has 6 aromatic rings. The molecule has 0 N–H and O–H groups in total. The van der Waals surface area contributed by atoms with Gasteiger partial charge in [0, 0.05) is 31.3 Å². The van der Waals surface area contributed by atoms with Crippen LogP contribution < -0.4 is 4.90 Å². The number of rotatable bonds is 4. The molecule has 0 atom stereocenters. The highest BCUT2D eigenvalue weighted by Crippen LogP contribution is 2.46. The number of para-hydroxylation sites is 1. The smallest absolute Gasteiger partial charge is 0.0651 e. The van der Waals surface area contributed by atoms with E-state index in [0.717, 1.165) is 15.8 Å². The van der Waals surface area contributed by atoms with Crippen molar-refractivity contribution in [2.24, 2.45) is 0 Å². The maximum atomic E-state index is 3.79. The monoisotopic (exact) mass is 505 g/mol. The van der Waals surface area contributed by atoms with Gasteiger partial charge < -0.3 is 4.90 Å². The van der Waals surface area contributed by atoms with Crippen LogP contribution in [0.1, 0.15) is 0 Å². The molecule has 1 nitrogen and oxygen atoms in total. The second-order valence-electron chi connectivity index (χ2n) is 7.98. The van der Waals surface area contributed by atoms with E-state index < -0.39 is 0 Å². The standard InChI is InChI=1S/C30H20BrNS/c31-23-19-27-26-13-7-8-14-29(26)33-30(27)28(20-23)32(24-11-5-2-6-12-24)25-17-15-22(16-18-25)21-9-3-1-4-10-21/h1-20H. The van der Waals surface area contributed by atoms with Crippen LogP contribution >= 0.6 is 27.3 Å². The van der Waals surface area contributed by atoms with Gasteiger partial charge in [0.05, 0.1) is 10.4 Å². The molecule has 0 radical (unpaired) electrons. The maximum absolute atomic E-state index is 3.79. The molecule has 0 saturated heterocycles. The van der Waals surface area contributed by atoms with Crippen molar-refractivity contribution >= 4 is 64.5 Å². The highest BCUT2D eigenvalue weighted by molar-refractivity contribution is 9.10. The van der Waals surface area contributed by atoms with Gasteiger partial charge in [-0.25, -0.2) is 0 Å². The molecule has 0 aliphatic carbocycles. The summed E-state index contributed by atoms with van der Waals surface area (Å²) in [5, 5.41) is 2.58. The zero-order valence-electron chi connectivity index (χ0n) is 17.8. The minimum atomic E-state index is 1.08. The number of nitrogens with zero attached hydrogens (tertiary/aromatic N) is 1. The summed E-state index contributed by atoms with van der Waals surface area (Å²) in [6.45, 7) is 0. The Morgan fingerprint density at radius 2 is 1.15 bits per heavy atom. The molecule has 0 spiro atoms. The van der Waals surface area contributed by atoms with Crippen LogP contribution in [0.5, 0.6) is 0 Å². The lowest BCUT2D eigenvalue weighted by atomic mass is 10.0. The van der Waals surface area contributed by atoms with Gasteiger partial charge in [0.1, 0.15) is 0 Å². The van der Waals surface area contributed by atoms with Gasteiger partial charge in [0.25, 0.3) is 0 Å². The van der Waals surface area contributed by atoms with Gasteiger partial charge in [-0.3, -0.25) is 0 Å². The van der Waals surface area contributed by atoms with E-state index >= 15 is 0 Å². The molecular weight excluding hydrogens is 486 g/mol. The molecule has 0 fully saturated rings. The van der Waals surface area contributed by atoms with Crippen LogP contribution in [0.2, 0.25) is 0 Å². The number of fused-ring (bicyclic) bond motifs is 3. The third kappa shape index (κ3) is 3.74. The van der Waals surface area contributed by atoms with Gasteiger partial charge in [0.2, 0.25) is 0 Å². The first-order chi connectivity index (χ1) is 16.3. The Hall–Kier alpha value is -3.40. The number of hydrogen-bond acceptors (Lipinski definition) is 2. The molecule has 6 rings (SSSR count). The highest BCUT2D eigenvalue weighted by Gasteiger charge is 2.19. The predicted octanol–water partition coefficient (Wildman–Crippen LogP) is 9.95. The highest BCUT2D eigenvalue weighted by atomic mass is 79.9. The van der Waals surface area contributed by atoms with Gasteiger partial charge >= 0.3 is 0 Å². The number of hydrogen-bond donors (Lipinski definition) is 0. The van der Waals surface area contributed by atoms with Crippen molar-refractivity contribution < 1.29 is 0 Å². The van der Waals surface area contributed by atoms with Gasteiger partial charge in [-0.1, -0.05) is 94.8 Å². The molecule has 158 valence electrons. The van der Waals surface area contributed by atoms with Crippen molar-refractivity contribution in [3.8, 4) is 11.1 Å². The topological polar surface area (TPSA) is 3.24 Å². The van der Waals surface area contributed by atoms with Crippen molar-refractivity contribution in [2.45, 2.75) is 0 Å². The Bertz CT molecular complexity index is 1550. The molecule has 1 aromatic heterocycles. The Labute approximate surface area is 205 Å². The molecule has 3 heteroatoms. The molecule has 0 aliphatic rings. The van der Waals surface area contributed by atoms with E-state index in [4.69, 9.17) is 0 Å². The number of anilines is 3. The zero-order valence-corrected chi connectivity index (χ0v) is 20.2. The van der Waals surface area contributed by atoms with Crippen LogP contribution in [0.15, 0.2) is 126 Å². The quantitative estimate of drug-likeness (QED) is 0.230. The Balaban J connectivity index is 1.57. The summed E-state index contributed by atoms with van der Waals surface area (Å²) in [5.74, 6) is 0. The fourth-order valence-electron chi connectivity index (χ4n) is 4.38. The molecule has 0 saturated carbocycles. The van der Waals surface area contributed by atoms with Crippen molar-refractivity contribution in [1.82, 2.24) is 0 Å². The van der Waals surface area contributed by atoms with Gasteiger partial charge in [0.15, 0.2) is 0 Å². The van der Waals surface area contributed by atoms with E-state index in [1.165, 1.54) is 37.0 Å². The van der Waals surface area contributed by atoms with E-state index in [-0.39, 0.29) is 0 Å². The van der Waals surface area contributed by atoms with Gasteiger partial charge in [-0.15, -0.1) is 11.3 Å². The molecule has 0 bridgehead atoms. The SMILES string of the molecule is Brc1cc(N(c2ccccc2)c2ccc(-c3ccccc3)cc2)c2sc3ccccc3c2c1. The second-order valence-corrected chi connectivity index (χ2v) is 9.95. The first kappa shape index (κ1) is 20.2. The van der Waals surface area contributed by atoms with Gasteiger partial charge in [-0.2, -0.15) is 0 Å². The number of benzene rings is 5. The molecule has 1 heterocycles. The lowest BCUT2D eigenvalue weighted by Gasteiger charge is -2.26. The number of thiophene rings is 1. The normalized spacial score (nSPS) is 11.2. The minimum absolute atomic E-state index is 1.08. The van der Waals surface area contributed by atoms with Crippen LogP contribution in [0, 0.1) is 0 Å². The van der Waals surface area contributed by atoms with Crippen LogP contribution in [-0.2, 0) is 0 Å². The summed E-state index contributed by atoms with van der Waals surface area (Å²) in [7, 11) is 0. The Kier molecular flexibility index (Phi) is 5.21. The molecule has 33 heavy (non-hydrogen) atoms. The van der Waals surface area contributed by atoms with Crippen LogP contribution in [0.4, 0.5) is 17.1 Å². The first-order valence-electron chi connectivity index (χ1n) is 10.9. The average molecular weight is 506 g/mol. The summed E-state index contributed by atoms with van der Waals surface area (Å²) in [6, 6.07) is 43.1. The third-order valence-electron chi connectivity index (χ3n) is 5.91. The van der Waals surface area contributed by atoms with E-state index in [1.54, 1.807) is 0 Å². The molecule has 0 aliphatic heterocycles. The Morgan fingerprint density at radius 3 is 1.91 bits per heavy atom. The Morgan fingerprint density at radius 1 is 0.545 bits per heavy atom. The van der Waals surface area contributed by atoms with E-state index in [0.29, 0.717) is 0 Å². The maximum Gasteiger partial charge on any atom is 0.0651 e. The third-order valence-corrected chi connectivity index (χ3v) is 7.58. The summed E-state index contributed by atoms with van der Waals surface area (Å²) < 4.78 is 3.67. The van der Waals surface area contributed by atoms with Crippen molar-refractivity contribution in [3.63, 3.8) is 0 Å². The van der Waals surface area contributed by atoms with Crippen LogP contribution in [0.3, 0.4) is 0 Å². The molecule has 5 aromatic carbocycles.